The molecular formula is C12H28. The van der Waals surface area contributed by atoms with E-state index in [1.807, 2.05) is 41.5 Å². The number of hydrogen-bond donors (Lipinski definition) is 0. The molecule has 76 valence electrons. The quantitative estimate of drug-likeness (QED) is 0.441. The number of rotatable bonds is 0. The zero-order valence-corrected chi connectivity index (χ0v) is 9.98. The average Bonchev–Trinajstić information content (AvgIpc) is 2.29. The van der Waals surface area contributed by atoms with Crippen LogP contribution in [0.5, 0.6) is 0 Å². The van der Waals surface area contributed by atoms with Crippen LogP contribution in [0.15, 0.2) is 12.2 Å². The van der Waals surface area contributed by atoms with Crippen molar-refractivity contribution >= 4 is 0 Å². The molecule has 12 heavy (non-hydrogen) atoms. The number of hydrogen-bond acceptors (Lipinski definition) is 0. The summed E-state index contributed by atoms with van der Waals surface area (Å²) in [5.41, 5.74) is 0. The van der Waals surface area contributed by atoms with Crippen LogP contribution in [-0.4, -0.2) is 0 Å². The second-order valence-electron chi connectivity index (χ2n) is 1.76. The van der Waals surface area contributed by atoms with Crippen LogP contribution in [0.2, 0.25) is 0 Å². The van der Waals surface area contributed by atoms with Crippen molar-refractivity contribution in [2.45, 2.75) is 67.2 Å². The third-order valence-electron chi connectivity index (χ3n) is 1.16. The molecule has 0 aliphatic heterocycles. The van der Waals surface area contributed by atoms with E-state index in [4.69, 9.17) is 0 Å². The van der Waals surface area contributed by atoms with Gasteiger partial charge in [-0.1, -0.05) is 53.7 Å². The lowest BCUT2D eigenvalue weighted by molar-refractivity contribution is 0.730. The first-order valence-corrected chi connectivity index (χ1v) is 5.65. The molecule has 0 aromatic carbocycles. The molecule has 0 saturated heterocycles. The van der Waals surface area contributed by atoms with Crippen LogP contribution >= 0.6 is 0 Å². The smallest absolute Gasteiger partial charge is 0.0351 e. The SMILES string of the molecule is C1=CCCCC1.CC.CC.CC. The second kappa shape index (κ2) is 30.9. The molecule has 0 fully saturated rings. The first-order valence-electron chi connectivity index (χ1n) is 5.65. The predicted molar refractivity (Wildman–Crippen MR) is 61.7 cm³/mol. The van der Waals surface area contributed by atoms with Crippen LogP contribution in [0, 0.1) is 0 Å². The Kier molecular flexibility index (Phi) is 45.7. The molecule has 0 nitrogen and oxygen atoms in total. The first kappa shape index (κ1) is 17.7. The summed E-state index contributed by atoms with van der Waals surface area (Å²) >= 11 is 0. The van der Waals surface area contributed by atoms with Crippen LogP contribution in [0.4, 0.5) is 0 Å². The summed E-state index contributed by atoms with van der Waals surface area (Å²) in [5.74, 6) is 0. The molecular weight excluding hydrogens is 144 g/mol. The van der Waals surface area contributed by atoms with Gasteiger partial charge >= 0.3 is 0 Å². The topological polar surface area (TPSA) is 0 Å². The fourth-order valence-electron chi connectivity index (χ4n) is 0.760. The highest BCUT2D eigenvalue weighted by molar-refractivity contribution is 4.85. The Hall–Kier alpha value is -0.260. The molecule has 1 rings (SSSR count). The van der Waals surface area contributed by atoms with Gasteiger partial charge in [0.15, 0.2) is 0 Å². The van der Waals surface area contributed by atoms with E-state index < -0.39 is 0 Å². The molecule has 0 unspecified atom stereocenters. The van der Waals surface area contributed by atoms with E-state index in [0.717, 1.165) is 0 Å². The van der Waals surface area contributed by atoms with Gasteiger partial charge in [-0.05, 0) is 25.7 Å². The van der Waals surface area contributed by atoms with E-state index in [9.17, 15) is 0 Å². The first-order chi connectivity index (χ1) is 6.00. The minimum atomic E-state index is 1.32. The summed E-state index contributed by atoms with van der Waals surface area (Å²) < 4.78 is 0. The highest BCUT2D eigenvalue weighted by atomic mass is 13.9. The Labute approximate surface area is 80.1 Å². The Morgan fingerprint density at radius 1 is 0.583 bits per heavy atom. The molecule has 0 aromatic rings. The Balaban J connectivity index is -0.000000117. The van der Waals surface area contributed by atoms with Crippen LogP contribution in [0.1, 0.15) is 67.2 Å². The standard InChI is InChI=1S/C6H10.3C2H6/c1-2-4-6-5-3-1;3*1-2/h1-2H,3-6H2;3*1-2H3. The van der Waals surface area contributed by atoms with Crippen molar-refractivity contribution in [2.24, 2.45) is 0 Å². The zero-order valence-electron chi connectivity index (χ0n) is 9.98. The van der Waals surface area contributed by atoms with Crippen molar-refractivity contribution in [3.05, 3.63) is 12.2 Å². The lowest BCUT2D eigenvalue weighted by Gasteiger charge is -1.97. The molecule has 1 aliphatic carbocycles. The fraction of sp³-hybridized carbons (Fsp3) is 0.833. The summed E-state index contributed by atoms with van der Waals surface area (Å²) in [4.78, 5) is 0. The second-order valence-corrected chi connectivity index (χ2v) is 1.76. The molecule has 0 radical (unpaired) electrons. The van der Waals surface area contributed by atoms with Gasteiger partial charge in [-0.2, -0.15) is 0 Å². The van der Waals surface area contributed by atoms with E-state index in [1.165, 1.54) is 25.7 Å². The molecule has 0 heteroatoms. The van der Waals surface area contributed by atoms with Gasteiger partial charge in [0.25, 0.3) is 0 Å². The van der Waals surface area contributed by atoms with E-state index in [-0.39, 0.29) is 0 Å². The van der Waals surface area contributed by atoms with Gasteiger partial charge in [-0.25, -0.2) is 0 Å². The van der Waals surface area contributed by atoms with E-state index in [2.05, 4.69) is 12.2 Å². The maximum absolute atomic E-state index is 2.27. The van der Waals surface area contributed by atoms with E-state index in [1.54, 1.807) is 0 Å². The normalized spacial score (nSPS) is 12.2. The molecule has 0 saturated carbocycles. The van der Waals surface area contributed by atoms with Gasteiger partial charge in [0, 0.05) is 0 Å². The largest absolute Gasteiger partial charge is 0.0885 e. The summed E-state index contributed by atoms with van der Waals surface area (Å²) in [6.45, 7) is 12.0. The summed E-state index contributed by atoms with van der Waals surface area (Å²) in [5, 5.41) is 0. The monoisotopic (exact) mass is 172 g/mol. The lowest BCUT2D eigenvalue weighted by Crippen LogP contribution is -1.77. The van der Waals surface area contributed by atoms with Crippen LogP contribution in [0.25, 0.3) is 0 Å². The molecule has 0 spiro atoms. The van der Waals surface area contributed by atoms with Crippen molar-refractivity contribution in [1.29, 1.82) is 0 Å². The molecule has 0 atom stereocenters. The van der Waals surface area contributed by atoms with Crippen molar-refractivity contribution in [2.75, 3.05) is 0 Å². The minimum Gasteiger partial charge on any atom is -0.0885 e. The zero-order chi connectivity index (χ0) is 10.2. The van der Waals surface area contributed by atoms with Gasteiger partial charge < -0.3 is 0 Å². The fourth-order valence-corrected chi connectivity index (χ4v) is 0.760. The van der Waals surface area contributed by atoms with Gasteiger partial charge in [-0.15, -0.1) is 0 Å². The highest BCUT2D eigenvalue weighted by Gasteiger charge is 1.87. The third kappa shape index (κ3) is 22.6. The van der Waals surface area contributed by atoms with E-state index >= 15 is 0 Å². The minimum absolute atomic E-state index is 1.32. The maximum Gasteiger partial charge on any atom is -0.0351 e. The van der Waals surface area contributed by atoms with Crippen LogP contribution in [0.3, 0.4) is 0 Å². The molecule has 0 amide bonds. The predicted octanol–water partition coefficient (Wildman–Crippen LogP) is 5.20. The van der Waals surface area contributed by atoms with Crippen molar-refractivity contribution in [3.8, 4) is 0 Å². The van der Waals surface area contributed by atoms with Gasteiger partial charge in [0.1, 0.15) is 0 Å². The number of allylic oxidation sites excluding steroid dienone is 2. The summed E-state index contributed by atoms with van der Waals surface area (Å²) in [6, 6.07) is 0. The van der Waals surface area contributed by atoms with E-state index in [0.29, 0.717) is 0 Å². The van der Waals surface area contributed by atoms with Crippen molar-refractivity contribution in [3.63, 3.8) is 0 Å². The molecule has 0 heterocycles. The Bertz CT molecular complexity index is 45.1. The molecule has 0 N–H and O–H groups in total. The summed E-state index contributed by atoms with van der Waals surface area (Å²) in [6.07, 6.45) is 10.0. The Morgan fingerprint density at radius 2 is 0.833 bits per heavy atom. The van der Waals surface area contributed by atoms with Crippen LogP contribution in [-0.2, 0) is 0 Å². The van der Waals surface area contributed by atoms with Crippen LogP contribution < -0.4 is 0 Å². The van der Waals surface area contributed by atoms with Gasteiger partial charge in [-0.3, -0.25) is 0 Å². The molecule has 0 aromatic heterocycles. The summed E-state index contributed by atoms with van der Waals surface area (Å²) in [7, 11) is 0. The van der Waals surface area contributed by atoms with Gasteiger partial charge in [0.2, 0.25) is 0 Å². The molecule has 0 bridgehead atoms. The molecule has 1 aliphatic rings. The highest BCUT2D eigenvalue weighted by Crippen LogP contribution is 2.07. The Morgan fingerprint density at radius 3 is 0.917 bits per heavy atom. The maximum atomic E-state index is 2.27. The van der Waals surface area contributed by atoms with Crippen molar-refractivity contribution < 1.29 is 0 Å². The van der Waals surface area contributed by atoms with Gasteiger partial charge in [0.05, 0.1) is 0 Å². The average molecular weight is 172 g/mol. The van der Waals surface area contributed by atoms with Crippen molar-refractivity contribution in [1.82, 2.24) is 0 Å². The lowest BCUT2D eigenvalue weighted by atomic mass is 10.1. The third-order valence-corrected chi connectivity index (χ3v) is 1.16.